The lowest BCUT2D eigenvalue weighted by atomic mass is 10.1. The van der Waals surface area contributed by atoms with Gasteiger partial charge in [0.25, 0.3) is 0 Å². The summed E-state index contributed by atoms with van der Waals surface area (Å²) in [4.78, 5) is 5.60. The van der Waals surface area contributed by atoms with Crippen LogP contribution in [0.3, 0.4) is 0 Å². The predicted molar refractivity (Wildman–Crippen MR) is 61.1 cm³/mol. The molecule has 2 rings (SSSR count). The average Bonchev–Trinajstić information content (AvgIpc) is 2.52. The Hall–Kier alpha value is -0.860. The van der Waals surface area contributed by atoms with Crippen LogP contribution in [-0.4, -0.2) is 4.98 Å². The second-order valence-electron chi connectivity index (χ2n) is 3.16. The highest BCUT2D eigenvalue weighted by Crippen LogP contribution is 2.18. The van der Waals surface area contributed by atoms with E-state index >= 15 is 0 Å². The van der Waals surface area contributed by atoms with Crippen LogP contribution < -0.4 is 0 Å². The molecule has 0 atom stereocenters. The first-order valence-electron chi connectivity index (χ1n) is 4.39. The van der Waals surface area contributed by atoms with Gasteiger partial charge in [0.15, 0.2) is 0 Å². The summed E-state index contributed by atoms with van der Waals surface area (Å²) < 4.78 is 0. The fourth-order valence-electron chi connectivity index (χ4n) is 1.34. The van der Waals surface area contributed by atoms with Crippen LogP contribution in [0, 0.1) is 6.92 Å². The Morgan fingerprint density at radius 1 is 1.43 bits per heavy atom. The van der Waals surface area contributed by atoms with Gasteiger partial charge in [-0.05, 0) is 24.6 Å². The van der Waals surface area contributed by atoms with Crippen molar-refractivity contribution >= 4 is 22.9 Å². The van der Waals surface area contributed by atoms with E-state index in [1.165, 1.54) is 10.4 Å². The second kappa shape index (κ2) is 4.11. The van der Waals surface area contributed by atoms with Gasteiger partial charge in [-0.3, -0.25) is 0 Å². The molecule has 0 saturated carbocycles. The largest absolute Gasteiger partial charge is 0.249 e. The smallest absolute Gasteiger partial charge is 0.0797 e. The average molecular weight is 224 g/mol. The number of aryl methyl sites for hydroxylation is 1. The van der Waals surface area contributed by atoms with Gasteiger partial charge in [-0.2, -0.15) is 0 Å². The molecular formula is C11H10ClNS. The van der Waals surface area contributed by atoms with E-state index < -0.39 is 0 Å². The third kappa shape index (κ3) is 2.14. The maximum Gasteiger partial charge on any atom is 0.0797 e. The van der Waals surface area contributed by atoms with Crippen molar-refractivity contribution in [1.29, 1.82) is 0 Å². The molecule has 0 aliphatic carbocycles. The fourth-order valence-corrected chi connectivity index (χ4v) is 2.15. The minimum absolute atomic E-state index is 0.787. The monoisotopic (exact) mass is 223 g/mol. The molecule has 0 aliphatic rings. The highest BCUT2D eigenvalue weighted by molar-refractivity contribution is 7.09. The molecule has 1 aromatic carbocycles. The van der Waals surface area contributed by atoms with Crippen molar-refractivity contribution < 1.29 is 0 Å². The zero-order valence-corrected chi connectivity index (χ0v) is 9.40. The van der Waals surface area contributed by atoms with Gasteiger partial charge in [-0.25, -0.2) is 4.98 Å². The maximum absolute atomic E-state index is 5.91. The van der Waals surface area contributed by atoms with Gasteiger partial charge in [-0.1, -0.05) is 23.7 Å². The van der Waals surface area contributed by atoms with Gasteiger partial charge in [0.05, 0.1) is 11.2 Å². The summed E-state index contributed by atoms with van der Waals surface area (Å²) in [5, 5.41) is 0.787. The summed E-state index contributed by atoms with van der Waals surface area (Å²) in [6.07, 6.45) is 0.871. The number of rotatable bonds is 2. The van der Waals surface area contributed by atoms with Gasteiger partial charge in [0.2, 0.25) is 0 Å². The number of benzene rings is 1. The zero-order valence-electron chi connectivity index (χ0n) is 7.83. The summed E-state index contributed by atoms with van der Waals surface area (Å²) in [6.45, 7) is 2.09. The normalized spacial score (nSPS) is 10.4. The highest BCUT2D eigenvalue weighted by atomic mass is 35.5. The second-order valence-corrected chi connectivity index (χ2v) is 4.66. The SMILES string of the molecule is Cc1scnc1Cc1cccc(Cl)c1. The lowest BCUT2D eigenvalue weighted by Crippen LogP contribution is -1.89. The summed E-state index contributed by atoms with van der Waals surface area (Å²) in [5.74, 6) is 0. The molecular weight excluding hydrogens is 214 g/mol. The molecule has 0 bridgehead atoms. The number of hydrogen-bond donors (Lipinski definition) is 0. The minimum atomic E-state index is 0.787. The van der Waals surface area contributed by atoms with Crippen molar-refractivity contribution in [3.63, 3.8) is 0 Å². The van der Waals surface area contributed by atoms with Crippen LogP contribution in [0.4, 0.5) is 0 Å². The van der Waals surface area contributed by atoms with Gasteiger partial charge < -0.3 is 0 Å². The molecule has 0 N–H and O–H groups in total. The van der Waals surface area contributed by atoms with Crippen molar-refractivity contribution in [3.8, 4) is 0 Å². The predicted octanol–water partition coefficient (Wildman–Crippen LogP) is 3.70. The molecule has 0 spiro atoms. The molecule has 0 aliphatic heterocycles. The van der Waals surface area contributed by atoms with Crippen LogP contribution in [0.1, 0.15) is 16.1 Å². The third-order valence-corrected chi connectivity index (χ3v) is 3.14. The number of thiazole rings is 1. The van der Waals surface area contributed by atoms with Crippen molar-refractivity contribution in [3.05, 3.63) is 50.9 Å². The Morgan fingerprint density at radius 2 is 2.29 bits per heavy atom. The van der Waals surface area contributed by atoms with E-state index in [4.69, 9.17) is 11.6 Å². The van der Waals surface area contributed by atoms with Crippen molar-refractivity contribution in [2.24, 2.45) is 0 Å². The van der Waals surface area contributed by atoms with E-state index in [-0.39, 0.29) is 0 Å². The Balaban J connectivity index is 2.23. The minimum Gasteiger partial charge on any atom is -0.249 e. The van der Waals surface area contributed by atoms with Gasteiger partial charge in [-0.15, -0.1) is 11.3 Å². The first kappa shape index (κ1) is 9.69. The molecule has 1 heterocycles. The maximum atomic E-state index is 5.91. The van der Waals surface area contributed by atoms with E-state index in [1.54, 1.807) is 11.3 Å². The van der Waals surface area contributed by atoms with Crippen molar-refractivity contribution in [2.45, 2.75) is 13.3 Å². The Bertz CT molecular complexity index is 436. The third-order valence-electron chi connectivity index (χ3n) is 2.11. The van der Waals surface area contributed by atoms with Crippen LogP contribution in [0.25, 0.3) is 0 Å². The zero-order chi connectivity index (χ0) is 9.97. The first-order valence-corrected chi connectivity index (χ1v) is 5.65. The Labute approximate surface area is 92.4 Å². The molecule has 72 valence electrons. The quantitative estimate of drug-likeness (QED) is 0.757. The lowest BCUT2D eigenvalue weighted by molar-refractivity contribution is 1.09. The highest BCUT2D eigenvalue weighted by Gasteiger charge is 2.02. The van der Waals surface area contributed by atoms with Gasteiger partial charge in [0, 0.05) is 16.3 Å². The van der Waals surface area contributed by atoms with Gasteiger partial charge in [0.1, 0.15) is 0 Å². The van der Waals surface area contributed by atoms with Gasteiger partial charge >= 0.3 is 0 Å². The molecule has 14 heavy (non-hydrogen) atoms. The Morgan fingerprint density at radius 3 is 2.93 bits per heavy atom. The standard InChI is InChI=1S/C11H10ClNS/c1-8-11(13-7-14-8)6-9-3-2-4-10(12)5-9/h2-5,7H,6H2,1H3. The van der Waals surface area contributed by atoms with E-state index in [0.29, 0.717) is 0 Å². The molecule has 1 aromatic heterocycles. The molecule has 0 unspecified atom stereocenters. The van der Waals surface area contributed by atoms with Crippen molar-refractivity contribution in [2.75, 3.05) is 0 Å². The van der Waals surface area contributed by atoms with E-state index in [0.717, 1.165) is 17.1 Å². The van der Waals surface area contributed by atoms with Crippen LogP contribution in [0.2, 0.25) is 5.02 Å². The molecule has 0 fully saturated rings. The number of halogens is 1. The molecule has 2 aromatic rings. The number of nitrogens with zero attached hydrogens (tertiary/aromatic N) is 1. The molecule has 0 saturated heterocycles. The van der Waals surface area contributed by atoms with E-state index in [9.17, 15) is 0 Å². The summed E-state index contributed by atoms with van der Waals surface area (Å²) in [6, 6.07) is 7.92. The van der Waals surface area contributed by atoms with Crippen LogP contribution in [0.5, 0.6) is 0 Å². The lowest BCUT2D eigenvalue weighted by Gasteiger charge is -1.99. The molecule has 1 nitrogen and oxygen atoms in total. The Kier molecular flexibility index (Phi) is 2.85. The van der Waals surface area contributed by atoms with Crippen molar-refractivity contribution in [1.82, 2.24) is 4.98 Å². The first-order chi connectivity index (χ1) is 6.75. The van der Waals surface area contributed by atoms with Crippen LogP contribution in [0.15, 0.2) is 29.8 Å². The summed E-state index contributed by atoms with van der Waals surface area (Å²) in [5.41, 5.74) is 4.25. The molecule has 0 amide bonds. The summed E-state index contributed by atoms with van der Waals surface area (Å²) >= 11 is 7.59. The molecule has 0 radical (unpaired) electrons. The van der Waals surface area contributed by atoms with Crippen LogP contribution in [-0.2, 0) is 6.42 Å². The number of hydrogen-bond acceptors (Lipinski definition) is 2. The van der Waals surface area contributed by atoms with E-state index in [2.05, 4.69) is 18.0 Å². The van der Waals surface area contributed by atoms with Crippen LogP contribution >= 0.6 is 22.9 Å². The molecule has 3 heteroatoms. The fraction of sp³-hybridized carbons (Fsp3) is 0.182. The summed E-state index contributed by atoms with van der Waals surface area (Å²) in [7, 11) is 0. The van der Waals surface area contributed by atoms with E-state index in [1.807, 2.05) is 23.7 Å². The topological polar surface area (TPSA) is 12.9 Å². The number of aromatic nitrogens is 1.